The highest BCUT2D eigenvalue weighted by Gasteiger charge is 2.59. The number of likely N-dealkylation sites (tertiary alicyclic amines) is 1. The van der Waals surface area contributed by atoms with Crippen LogP contribution in [0, 0.1) is 5.41 Å². The zero-order valence-corrected chi connectivity index (χ0v) is 8.62. The Morgan fingerprint density at radius 3 is 2.50 bits per heavy atom. The van der Waals surface area contributed by atoms with Crippen molar-refractivity contribution in [2.24, 2.45) is 11.1 Å². The van der Waals surface area contributed by atoms with Crippen molar-refractivity contribution in [3.05, 3.63) is 0 Å². The molecule has 0 amide bonds. The molecule has 1 saturated carbocycles. The third-order valence-electron chi connectivity index (χ3n) is 4.10. The van der Waals surface area contributed by atoms with E-state index in [0.29, 0.717) is 6.42 Å². The van der Waals surface area contributed by atoms with E-state index in [-0.39, 0.29) is 5.41 Å². The molecule has 2 aliphatic rings. The number of carbonyl (C=O) groups is 1. The molecule has 1 aliphatic carbocycles. The maximum absolute atomic E-state index is 11.2. The quantitative estimate of drug-likeness (QED) is 0.635. The topological polar surface area (TPSA) is 66.6 Å². The SMILES string of the molecule is CN1CCC(N)(C(=O)O)C2(CCC2)C1. The number of hydrogen-bond donors (Lipinski definition) is 2. The van der Waals surface area contributed by atoms with Crippen molar-refractivity contribution in [2.75, 3.05) is 20.1 Å². The van der Waals surface area contributed by atoms with Crippen LogP contribution in [-0.4, -0.2) is 41.7 Å². The number of aliphatic carboxylic acids is 1. The van der Waals surface area contributed by atoms with Crippen LogP contribution in [0.25, 0.3) is 0 Å². The van der Waals surface area contributed by atoms with Gasteiger partial charge in [0, 0.05) is 18.5 Å². The molecule has 0 bridgehead atoms. The van der Waals surface area contributed by atoms with Crippen molar-refractivity contribution in [2.45, 2.75) is 31.2 Å². The van der Waals surface area contributed by atoms with Gasteiger partial charge in [-0.25, -0.2) is 0 Å². The van der Waals surface area contributed by atoms with Crippen molar-refractivity contribution in [1.82, 2.24) is 4.90 Å². The predicted molar refractivity (Wildman–Crippen MR) is 53.0 cm³/mol. The van der Waals surface area contributed by atoms with E-state index in [2.05, 4.69) is 4.90 Å². The van der Waals surface area contributed by atoms with Crippen LogP contribution in [0.2, 0.25) is 0 Å². The fourth-order valence-electron chi connectivity index (χ4n) is 2.91. The molecule has 2 rings (SSSR count). The summed E-state index contributed by atoms with van der Waals surface area (Å²) in [5.41, 5.74) is 4.96. The predicted octanol–water partition coefficient (Wildman–Crippen LogP) is 0.274. The van der Waals surface area contributed by atoms with E-state index in [1.54, 1.807) is 0 Å². The van der Waals surface area contributed by atoms with Gasteiger partial charge in [0.05, 0.1) is 0 Å². The zero-order chi connectivity index (χ0) is 10.4. The lowest BCUT2D eigenvalue weighted by atomic mass is 9.54. The molecule has 1 unspecified atom stereocenters. The van der Waals surface area contributed by atoms with Gasteiger partial charge in [0.15, 0.2) is 0 Å². The Balaban J connectivity index is 2.27. The van der Waals surface area contributed by atoms with Gasteiger partial charge in [-0.05, 0) is 26.3 Å². The first-order valence-electron chi connectivity index (χ1n) is 5.21. The molecule has 80 valence electrons. The summed E-state index contributed by atoms with van der Waals surface area (Å²) in [5.74, 6) is -0.815. The maximum atomic E-state index is 11.2. The number of nitrogens with two attached hydrogens (primary N) is 1. The fourth-order valence-corrected chi connectivity index (χ4v) is 2.91. The third kappa shape index (κ3) is 1.10. The molecule has 0 aromatic carbocycles. The Morgan fingerprint density at radius 2 is 2.07 bits per heavy atom. The fraction of sp³-hybridized carbons (Fsp3) is 0.900. The highest BCUT2D eigenvalue weighted by atomic mass is 16.4. The van der Waals surface area contributed by atoms with E-state index in [4.69, 9.17) is 5.73 Å². The van der Waals surface area contributed by atoms with Gasteiger partial charge in [-0.15, -0.1) is 0 Å². The van der Waals surface area contributed by atoms with Gasteiger partial charge in [-0.3, -0.25) is 4.79 Å². The van der Waals surface area contributed by atoms with Gasteiger partial charge in [0.1, 0.15) is 5.54 Å². The second-order valence-electron chi connectivity index (χ2n) is 4.90. The zero-order valence-electron chi connectivity index (χ0n) is 8.62. The Labute approximate surface area is 84.1 Å². The van der Waals surface area contributed by atoms with Gasteiger partial charge in [0.2, 0.25) is 0 Å². The maximum Gasteiger partial charge on any atom is 0.324 e. The molecule has 4 nitrogen and oxygen atoms in total. The molecular weight excluding hydrogens is 180 g/mol. The number of piperidine rings is 1. The van der Waals surface area contributed by atoms with Gasteiger partial charge >= 0.3 is 5.97 Å². The largest absolute Gasteiger partial charge is 0.480 e. The van der Waals surface area contributed by atoms with E-state index >= 15 is 0 Å². The number of nitrogens with zero attached hydrogens (tertiary/aromatic N) is 1. The molecule has 1 spiro atoms. The first-order valence-corrected chi connectivity index (χ1v) is 5.21. The summed E-state index contributed by atoms with van der Waals surface area (Å²) < 4.78 is 0. The van der Waals surface area contributed by atoms with Crippen LogP contribution in [0.1, 0.15) is 25.7 Å². The van der Waals surface area contributed by atoms with E-state index in [1.165, 1.54) is 0 Å². The molecule has 1 saturated heterocycles. The third-order valence-corrected chi connectivity index (χ3v) is 4.10. The van der Waals surface area contributed by atoms with Gasteiger partial charge in [-0.2, -0.15) is 0 Å². The standard InChI is InChI=1S/C10H18N2O2/c1-12-6-5-10(11,8(13)14)9(7-12)3-2-4-9/h2-7,11H2,1H3,(H,13,14). The second-order valence-corrected chi connectivity index (χ2v) is 4.90. The molecule has 3 N–H and O–H groups in total. The number of hydrogen-bond acceptors (Lipinski definition) is 3. The first kappa shape index (κ1) is 9.93. The van der Waals surface area contributed by atoms with Crippen LogP contribution in [0.5, 0.6) is 0 Å². The van der Waals surface area contributed by atoms with Crippen LogP contribution >= 0.6 is 0 Å². The highest BCUT2D eigenvalue weighted by molar-refractivity contribution is 5.80. The second kappa shape index (κ2) is 2.94. The summed E-state index contributed by atoms with van der Waals surface area (Å²) in [6, 6.07) is 0. The average Bonchev–Trinajstić information content (AvgIpc) is 2.06. The summed E-state index contributed by atoms with van der Waals surface area (Å²) in [6.07, 6.45) is 3.65. The van der Waals surface area contributed by atoms with Crippen LogP contribution in [0.15, 0.2) is 0 Å². The Hall–Kier alpha value is -0.610. The van der Waals surface area contributed by atoms with Crippen molar-refractivity contribution < 1.29 is 9.90 Å². The van der Waals surface area contributed by atoms with E-state index in [1.807, 2.05) is 7.05 Å². The Kier molecular flexibility index (Phi) is 2.08. The molecular formula is C10H18N2O2. The lowest BCUT2D eigenvalue weighted by Crippen LogP contribution is -2.70. The summed E-state index contributed by atoms with van der Waals surface area (Å²) in [6.45, 7) is 1.64. The van der Waals surface area contributed by atoms with Crippen LogP contribution in [-0.2, 0) is 4.79 Å². The monoisotopic (exact) mass is 198 g/mol. The minimum absolute atomic E-state index is 0.147. The normalized spacial score (nSPS) is 36.7. The highest BCUT2D eigenvalue weighted by Crippen LogP contribution is 2.52. The van der Waals surface area contributed by atoms with E-state index in [0.717, 1.165) is 32.4 Å². The van der Waals surface area contributed by atoms with E-state index in [9.17, 15) is 9.90 Å². The molecule has 0 radical (unpaired) electrons. The molecule has 2 fully saturated rings. The molecule has 1 aliphatic heterocycles. The molecule has 14 heavy (non-hydrogen) atoms. The van der Waals surface area contributed by atoms with Crippen LogP contribution in [0.4, 0.5) is 0 Å². The van der Waals surface area contributed by atoms with Gasteiger partial charge in [-0.1, -0.05) is 6.42 Å². The Bertz CT molecular complexity index is 263. The average molecular weight is 198 g/mol. The van der Waals surface area contributed by atoms with Crippen molar-refractivity contribution in [3.63, 3.8) is 0 Å². The minimum atomic E-state index is -0.974. The summed E-state index contributed by atoms with van der Waals surface area (Å²) in [4.78, 5) is 13.4. The molecule has 1 atom stereocenters. The molecule has 4 heteroatoms. The summed E-state index contributed by atoms with van der Waals surface area (Å²) in [5, 5.41) is 9.24. The molecule has 0 aromatic heterocycles. The lowest BCUT2D eigenvalue weighted by Gasteiger charge is -2.56. The van der Waals surface area contributed by atoms with Crippen molar-refractivity contribution in [1.29, 1.82) is 0 Å². The van der Waals surface area contributed by atoms with Crippen LogP contribution in [0.3, 0.4) is 0 Å². The first-order chi connectivity index (χ1) is 6.50. The Morgan fingerprint density at radius 1 is 1.43 bits per heavy atom. The van der Waals surface area contributed by atoms with Crippen LogP contribution < -0.4 is 5.73 Å². The summed E-state index contributed by atoms with van der Waals surface area (Å²) >= 11 is 0. The lowest BCUT2D eigenvalue weighted by molar-refractivity contribution is -0.159. The summed E-state index contributed by atoms with van der Waals surface area (Å²) in [7, 11) is 2.04. The number of rotatable bonds is 1. The molecule has 1 heterocycles. The number of carboxylic acid groups (broad SMARTS) is 1. The van der Waals surface area contributed by atoms with Crippen molar-refractivity contribution in [3.8, 4) is 0 Å². The van der Waals surface area contributed by atoms with Gasteiger partial charge < -0.3 is 15.7 Å². The minimum Gasteiger partial charge on any atom is -0.480 e. The molecule has 0 aromatic rings. The van der Waals surface area contributed by atoms with Gasteiger partial charge in [0.25, 0.3) is 0 Å². The van der Waals surface area contributed by atoms with E-state index < -0.39 is 11.5 Å². The smallest absolute Gasteiger partial charge is 0.324 e. The van der Waals surface area contributed by atoms with Crippen molar-refractivity contribution >= 4 is 5.97 Å². The number of carboxylic acids is 1.